The van der Waals surface area contributed by atoms with Crippen molar-refractivity contribution >= 4 is 28.7 Å². The molecular weight excluding hydrogens is 540 g/mol. The zero-order valence-corrected chi connectivity index (χ0v) is 24.1. The molecule has 0 aliphatic carbocycles. The van der Waals surface area contributed by atoms with Gasteiger partial charge >= 0.3 is 11.9 Å². The van der Waals surface area contributed by atoms with Crippen molar-refractivity contribution in [3.8, 4) is 11.4 Å². The average molecular weight is 573 g/mol. The largest absolute Gasteiger partial charge is 0.457 e. The fourth-order valence-electron chi connectivity index (χ4n) is 6.33. The maximum absolute atomic E-state index is 13.7. The number of hydrogen-bond donors (Lipinski definition) is 2. The Morgan fingerprint density at radius 1 is 1.14 bits per heavy atom. The fourth-order valence-corrected chi connectivity index (χ4v) is 6.33. The van der Waals surface area contributed by atoms with Crippen LogP contribution in [0.5, 0.6) is 0 Å². The van der Waals surface area contributed by atoms with Gasteiger partial charge in [-0.1, -0.05) is 31.2 Å². The minimum atomic E-state index is -1.88. The summed E-state index contributed by atoms with van der Waals surface area (Å²) in [6.45, 7) is 8.11. The number of cyclic esters (lactones) is 1. The molecule has 0 radical (unpaired) electrons. The molecule has 0 fully saturated rings. The number of rotatable bonds is 5. The third-order valence-corrected chi connectivity index (χ3v) is 8.54. The summed E-state index contributed by atoms with van der Waals surface area (Å²) in [5.74, 6) is -2.22. The summed E-state index contributed by atoms with van der Waals surface area (Å²) in [5.41, 5.74) is -0.411. The van der Waals surface area contributed by atoms with Gasteiger partial charge in [-0.05, 0) is 52.3 Å². The third-order valence-electron chi connectivity index (χ3n) is 8.54. The monoisotopic (exact) mass is 572 g/mol. The standard InChI is InChI=1S/C31H32N4O7/c1-6-31(42-24(36)14-32-26(37)21-13-29(2,3)35(40)30(21,4)5)20-12-23-25-18(11-17-9-7-8-10-22(17)33-25)15-34(23)27(38)19(20)16-41-28(31)39/h7-13,40H,6,14-16H2,1-5H3,(H,32,37)/t31-/m0/s1. The van der Waals surface area contributed by atoms with Crippen LogP contribution in [0.3, 0.4) is 0 Å². The van der Waals surface area contributed by atoms with Crippen molar-refractivity contribution in [3.05, 3.63) is 75.1 Å². The number of esters is 2. The van der Waals surface area contributed by atoms with Crippen LogP contribution in [0.2, 0.25) is 0 Å². The first kappa shape index (κ1) is 27.8. The second-order valence-electron chi connectivity index (χ2n) is 12.0. The molecule has 1 aromatic carbocycles. The van der Waals surface area contributed by atoms with Gasteiger partial charge in [0.05, 0.1) is 40.1 Å². The maximum atomic E-state index is 13.7. The van der Waals surface area contributed by atoms with E-state index in [0.717, 1.165) is 21.5 Å². The van der Waals surface area contributed by atoms with E-state index in [-0.39, 0.29) is 35.3 Å². The molecule has 0 spiro atoms. The zero-order valence-electron chi connectivity index (χ0n) is 24.1. The molecule has 2 aromatic heterocycles. The van der Waals surface area contributed by atoms with E-state index in [1.165, 1.54) is 0 Å². The average Bonchev–Trinajstić information content (AvgIpc) is 3.39. The lowest BCUT2D eigenvalue weighted by molar-refractivity contribution is -0.189. The lowest BCUT2D eigenvalue weighted by atomic mass is 9.85. The Morgan fingerprint density at radius 3 is 2.57 bits per heavy atom. The number of hydrogen-bond acceptors (Lipinski definition) is 9. The molecule has 3 aromatic rings. The first-order chi connectivity index (χ1) is 19.8. The lowest BCUT2D eigenvalue weighted by Gasteiger charge is -2.36. The van der Waals surface area contributed by atoms with E-state index in [2.05, 4.69) is 5.32 Å². The molecular formula is C31H32N4O7. The molecule has 0 bridgehead atoms. The number of ether oxygens (including phenoxy) is 2. The Bertz CT molecular complexity index is 1790. The Labute approximate surface area is 241 Å². The highest BCUT2D eigenvalue weighted by atomic mass is 16.6. The first-order valence-corrected chi connectivity index (χ1v) is 13.9. The van der Waals surface area contributed by atoms with Gasteiger partial charge in [-0.2, -0.15) is 5.06 Å². The van der Waals surface area contributed by atoms with E-state index in [4.69, 9.17) is 14.5 Å². The topological polar surface area (TPSA) is 140 Å². The normalized spacial score (nSPS) is 21.7. The van der Waals surface area contributed by atoms with Crippen molar-refractivity contribution in [2.45, 2.75) is 70.9 Å². The lowest BCUT2D eigenvalue weighted by Crippen LogP contribution is -2.50. The molecule has 0 saturated heterocycles. The van der Waals surface area contributed by atoms with E-state index in [9.17, 15) is 24.4 Å². The molecule has 3 aliphatic heterocycles. The number of aromatic nitrogens is 2. The Morgan fingerprint density at radius 2 is 1.88 bits per heavy atom. The van der Waals surface area contributed by atoms with Gasteiger partial charge in [-0.25, -0.2) is 9.78 Å². The number of para-hydroxylation sites is 1. The third kappa shape index (κ3) is 3.98. The summed E-state index contributed by atoms with van der Waals surface area (Å²) < 4.78 is 12.8. The van der Waals surface area contributed by atoms with Crippen molar-refractivity contribution in [3.63, 3.8) is 0 Å². The molecule has 11 heteroatoms. The summed E-state index contributed by atoms with van der Waals surface area (Å²) in [5, 5.41) is 15.1. The second-order valence-corrected chi connectivity index (χ2v) is 12.0. The Kier molecular flexibility index (Phi) is 6.18. The van der Waals surface area contributed by atoms with Gasteiger partial charge in [0, 0.05) is 22.1 Å². The summed E-state index contributed by atoms with van der Waals surface area (Å²) in [4.78, 5) is 57.9. The van der Waals surface area contributed by atoms with Gasteiger partial charge in [0.1, 0.15) is 13.2 Å². The summed E-state index contributed by atoms with van der Waals surface area (Å²) >= 11 is 0. The molecule has 3 aliphatic rings. The number of amides is 1. The van der Waals surface area contributed by atoms with Gasteiger partial charge < -0.3 is 24.6 Å². The number of nitrogens with one attached hydrogen (secondary N) is 1. The zero-order chi connectivity index (χ0) is 30.2. The first-order valence-electron chi connectivity index (χ1n) is 13.9. The number of nitrogens with zero attached hydrogens (tertiary/aromatic N) is 3. The van der Waals surface area contributed by atoms with Crippen LogP contribution in [0.1, 0.15) is 57.7 Å². The summed E-state index contributed by atoms with van der Waals surface area (Å²) in [6.07, 6.45) is 1.64. The van der Waals surface area contributed by atoms with E-state index in [1.807, 2.05) is 30.3 Å². The predicted molar refractivity (Wildman–Crippen MR) is 151 cm³/mol. The Hall–Kier alpha value is -4.35. The van der Waals surface area contributed by atoms with Crippen LogP contribution in [0.4, 0.5) is 0 Å². The van der Waals surface area contributed by atoms with Crippen LogP contribution in [0, 0.1) is 0 Å². The van der Waals surface area contributed by atoms with Crippen molar-refractivity contribution in [2.24, 2.45) is 0 Å². The van der Waals surface area contributed by atoms with Gasteiger partial charge in [0.15, 0.2) is 0 Å². The van der Waals surface area contributed by atoms with Gasteiger partial charge in [-0.3, -0.25) is 14.4 Å². The highest BCUT2D eigenvalue weighted by molar-refractivity contribution is 5.98. The molecule has 0 unspecified atom stereocenters. The summed E-state index contributed by atoms with van der Waals surface area (Å²) in [7, 11) is 0. The maximum Gasteiger partial charge on any atom is 0.355 e. The van der Waals surface area contributed by atoms with Crippen LogP contribution >= 0.6 is 0 Å². The van der Waals surface area contributed by atoms with Crippen LogP contribution in [0.15, 0.2) is 52.8 Å². The highest BCUT2D eigenvalue weighted by Gasteiger charge is 2.51. The molecule has 0 saturated carbocycles. The molecule has 1 amide bonds. The van der Waals surface area contributed by atoms with E-state index in [1.54, 1.807) is 51.3 Å². The van der Waals surface area contributed by atoms with Crippen LogP contribution < -0.4 is 10.9 Å². The van der Waals surface area contributed by atoms with Gasteiger partial charge in [0.2, 0.25) is 11.5 Å². The number of pyridine rings is 2. The van der Waals surface area contributed by atoms with Crippen LogP contribution in [-0.4, -0.2) is 55.3 Å². The van der Waals surface area contributed by atoms with E-state index >= 15 is 0 Å². The molecule has 6 rings (SSSR count). The van der Waals surface area contributed by atoms with Crippen molar-refractivity contribution in [1.29, 1.82) is 0 Å². The number of benzene rings is 1. The number of hydroxylamine groups is 2. The van der Waals surface area contributed by atoms with E-state index in [0.29, 0.717) is 17.9 Å². The molecule has 1 atom stereocenters. The fraction of sp³-hybridized carbons (Fsp3) is 0.387. The van der Waals surface area contributed by atoms with Crippen molar-refractivity contribution < 1.29 is 29.1 Å². The van der Waals surface area contributed by atoms with Crippen LogP contribution in [-0.2, 0) is 42.6 Å². The highest BCUT2D eigenvalue weighted by Crippen LogP contribution is 2.41. The molecule has 11 nitrogen and oxygen atoms in total. The number of carbonyl (C=O) groups is 3. The molecule has 5 heterocycles. The second kappa shape index (κ2) is 9.33. The molecule has 42 heavy (non-hydrogen) atoms. The van der Waals surface area contributed by atoms with E-state index < -0.39 is 41.1 Å². The smallest absolute Gasteiger partial charge is 0.355 e. The van der Waals surface area contributed by atoms with Gasteiger partial charge in [-0.15, -0.1) is 0 Å². The van der Waals surface area contributed by atoms with Gasteiger partial charge in [0.25, 0.3) is 5.56 Å². The molecule has 2 N–H and O–H groups in total. The van der Waals surface area contributed by atoms with Crippen molar-refractivity contribution in [2.75, 3.05) is 6.54 Å². The minimum Gasteiger partial charge on any atom is -0.457 e. The number of fused-ring (bicyclic) bond motifs is 5. The predicted octanol–water partition coefficient (Wildman–Crippen LogP) is 2.94. The van der Waals surface area contributed by atoms with Crippen LogP contribution in [0.25, 0.3) is 22.3 Å². The molecule has 218 valence electrons. The minimum absolute atomic E-state index is 0.00522. The summed E-state index contributed by atoms with van der Waals surface area (Å²) in [6, 6.07) is 11.4. The Balaban J connectivity index is 1.32. The SMILES string of the molecule is CC[C@@]1(OC(=O)CNC(=O)C2=CC(C)(C)N(O)C2(C)C)C(=O)OCc2c1cc1n(c2=O)Cc2cc3ccccc3nc2-1. The quantitative estimate of drug-likeness (QED) is 0.346. The number of carbonyl (C=O) groups excluding carboxylic acids is 3. The van der Waals surface area contributed by atoms with Crippen molar-refractivity contribution in [1.82, 2.24) is 19.9 Å².